The highest BCUT2D eigenvalue weighted by atomic mass is 16.3. The molecule has 0 bridgehead atoms. The number of nitrogens with zero attached hydrogens (tertiary/aromatic N) is 2. The number of hydrogen-bond donors (Lipinski definition) is 0. The van der Waals surface area contributed by atoms with Crippen molar-refractivity contribution < 1.29 is 8.98 Å². The van der Waals surface area contributed by atoms with Crippen LogP contribution in [0.4, 0.5) is 0 Å². The number of oxazole rings is 1. The Morgan fingerprint density at radius 2 is 2.18 bits per heavy atom. The molecule has 1 aromatic rings. The van der Waals surface area contributed by atoms with E-state index < -0.39 is 0 Å². The van der Waals surface area contributed by atoms with Crippen LogP contribution in [0.25, 0.3) is 0 Å². The molecule has 0 amide bonds. The fraction of sp³-hybridized carbons (Fsp3) is 0.500. The number of hydrogen-bond acceptors (Lipinski definition) is 2. The first-order chi connectivity index (χ1) is 5.04. The van der Waals surface area contributed by atoms with E-state index in [1.54, 1.807) is 12.6 Å². The molecule has 1 aromatic heterocycles. The molecule has 0 radical (unpaired) electrons. The molecule has 58 valence electrons. The lowest BCUT2D eigenvalue weighted by Crippen LogP contribution is -2.48. The predicted molar refractivity (Wildman–Crippen MR) is 38.6 cm³/mol. The number of aromatic nitrogens is 1. The summed E-state index contributed by atoms with van der Waals surface area (Å²) in [7, 11) is 0. The van der Waals surface area contributed by atoms with Crippen LogP contribution in [0, 0.1) is 11.3 Å². The molecule has 0 atom stereocenters. The molecule has 1 rings (SSSR count). The van der Waals surface area contributed by atoms with Crippen molar-refractivity contribution in [1.82, 2.24) is 0 Å². The van der Waals surface area contributed by atoms with E-state index in [0.717, 1.165) is 0 Å². The topological polar surface area (TPSA) is 40.8 Å². The third-order valence-corrected chi connectivity index (χ3v) is 1.43. The van der Waals surface area contributed by atoms with Gasteiger partial charge in [-0.25, -0.2) is 0 Å². The van der Waals surface area contributed by atoms with Crippen molar-refractivity contribution in [3.63, 3.8) is 0 Å². The van der Waals surface area contributed by atoms with E-state index in [4.69, 9.17) is 9.68 Å². The smallest absolute Gasteiger partial charge is 0.336 e. The summed E-state index contributed by atoms with van der Waals surface area (Å²) in [5, 5.41) is 8.46. The van der Waals surface area contributed by atoms with E-state index in [2.05, 4.69) is 0 Å². The van der Waals surface area contributed by atoms with Crippen molar-refractivity contribution >= 4 is 0 Å². The third-order valence-electron chi connectivity index (χ3n) is 1.43. The Labute approximate surface area is 65.9 Å². The maximum atomic E-state index is 8.46. The Morgan fingerprint density at radius 3 is 2.45 bits per heavy atom. The first-order valence-electron chi connectivity index (χ1n) is 3.44. The first kappa shape index (κ1) is 7.80. The standard InChI is InChI=1S/C8H11N2O/c1-8(2,3)10-5-7(4-9)11-6-10/h5-6H,1-3H3/q+1. The zero-order valence-electron chi connectivity index (χ0n) is 6.96. The zero-order chi connectivity index (χ0) is 8.48. The maximum absolute atomic E-state index is 8.46. The van der Waals surface area contributed by atoms with E-state index in [1.165, 1.54) is 0 Å². The zero-order valence-corrected chi connectivity index (χ0v) is 6.96. The van der Waals surface area contributed by atoms with Crippen LogP contribution in [0.2, 0.25) is 0 Å². The van der Waals surface area contributed by atoms with Crippen molar-refractivity contribution in [2.45, 2.75) is 26.3 Å². The fourth-order valence-corrected chi connectivity index (χ4v) is 0.708. The second-order valence-electron chi connectivity index (χ2n) is 3.41. The lowest BCUT2D eigenvalue weighted by molar-refractivity contribution is -0.756. The highest BCUT2D eigenvalue weighted by molar-refractivity contribution is 5.07. The van der Waals surface area contributed by atoms with Gasteiger partial charge in [0.15, 0.2) is 5.54 Å². The molecule has 3 heteroatoms. The van der Waals surface area contributed by atoms with Gasteiger partial charge in [-0.1, -0.05) is 0 Å². The Kier molecular flexibility index (Phi) is 1.69. The van der Waals surface area contributed by atoms with Crippen LogP contribution in [0.3, 0.4) is 0 Å². The second kappa shape index (κ2) is 2.39. The summed E-state index contributed by atoms with van der Waals surface area (Å²) in [6.07, 6.45) is 3.25. The molecule has 11 heavy (non-hydrogen) atoms. The lowest BCUT2D eigenvalue weighted by Gasteiger charge is -2.07. The van der Waals surface area contributed by atoms with Crippen LogP contribution < -0.4 is 4.57 Å². The first-order valence-corrected chi connectivity index (χ1v) is 3.44. The van der Waals surface area contributed by atoms with Crippen molar-refractivity contribution in [2.75, 3.05) is 0 Å². The van der Waals surface area contributed by atoms with E-state index >= 15 is 0 Å². The summed E-state index contributed by atoms with van der Waals surface area (Å²) >= 11 is 0. The molecule has 0 aliphatic heterocycles. The molecule has 0 fully saturated rings. The minimum atomic E-state index is -0.0153. The molecule has 0 aliphatic carbocycles. The third kappa shape index (κ3) is 1.58. The Hall–Kier alpha value is -1.30. The molecule has 0 N–H and O–H groups in total. The van der Waals surface area contributed by atoms with Crippen LogP contribution in [-0.2, 0) is 5.54 Å². The van der Waals surface area contributed by atoms with Gasteiger partial charge in [-0.05, 0) is 0 Å². The van der Waals surface area contributed by atoms with Crippen molar-refractivity contribution in [2.24, 2.45) is 0 Å². The molecule has 0 aromatic carbocycles. The van der Waals surface area contributed by atoms with Gasteiger partial charge >= 0.3 is 6.39 Å². The molecule has 0 saturated heterocycles. The van der Waals surface area contributed by atoms with Crippen molar-refractivity contribution in [3.8, 4) is 6.07 Å². The summed E-state index contributed by atoms with van der Waals surface area (Å²) in [6, 6.07) is 1.93. The minimum Gasteiger partial charge on any atom is -0.393 e. The largest absolute Gasteiger partial charge is 0.393 e. The number of nitriles is 1. The van der Waals surface area contributed by atoms with Gasteiger partial charge in [-0.3, -0.25) is 0 Å². The Balaban J connectivity index is 3.01. The molecular weight excluding hydrogens is 140 g/mol. The van der Waals surface area contributed by atoms with Gasteiger partial charge in [-0.2, -0.15) is 9.83 Å². The van der Waals surface area contributed by atoms with Gasteiger partial charge in [-0.15, -0.1) is 0 Å². The van der Waals surface area contributed by atoms with Gasteiger partial charge < -0.3 is 4.42 Å². The van der Waals surface area contributed by atoms with Crippen LogP contribution in [0.5, 0.6) is 0 Å². The molecule has 0 aliphatic rings. The SMILES string of the molecule is CC(C)(C)[n+]1coc(C#N)c1. The number of rotatable bonds is 0. The van der Waals surface area contributed by atoms with Crippen LogP contribution >= 0.6 is 0 Å². The summed E-state index contributed by atoms with van der Waals surface area (Å²) in [5.41, 5.74) is -0.0153. The summed E-state index contributed by atoms with van der Waals surface area (Å²) in [5.74, 6) is 0.347. The average molecular weight is 151 g/mol. The Bertz CT molecular complexity index is 288. The van der Waals surface area contributed by atoms with Gasteiger partial charge in [0.2, 0.25) is 6.20 Å². The molecule has 0 spiro atoms. The second-order valence-corrected chi connectivity index (χ2v) is 3.41. The minimum absolute atomic E-state index is 0.0153. The average Bonchev–Trinajstić information content (AvgIpc) is 2.32. The van der Waals surface area contributed by atoms with E-state index in [9.17, 15) is 0 Å². The molecular formula is C8H11N2O+. The quantitative estimate of drug-likeness (QED) is 0.522. The van der Waals surface area contributed by atoms with Crippen LogP contribution in [0.1, 0.15) is 26.5 Å². The lowest BCUT2D eigenvalue weighted by atomic mass is 10.1. The van der Waals surface area contributed by atoms with Gasteiger partial charge in [0.1, 0.15) is 6.07 Å². The van der Waals surface area contributed by atoms with Crippen molar-refractivity contribution in [1.29, 1.82) is 5.26 Å². The monoisotopic (exact) mass is 151 g/mol. The summed E-state index contributed by atoms with van der Waals surface area (Å²) < 4.78 is 6.81. The van der Waals surface area contributed by atoms with E-state index in [1.807, 2.05) is 31.4 Å². The summed E-state index contributed by atoms with van der Waals surface area (Å²) in [4.78, 5) is 0. The normalized spacial score (nSPS) is 11.1. The van der Waals surface area contributed by atoms with Gasteiger partial charge in [0.05, 0.1) is 0 Å². The van der Waals surface area contributed by atoms with Crippen LogP contribution in [0.15, 0.2) is 17.0 Å². The van der Waals surface area contributed by atoms with Crippen LogP contribution in [-0.4, -0.2) is 0 Å². The predicted octanol–water partition coefficient (Wildman–Crippen LogP) is 1.19. The fourth-order valence-electron chi connectivity index (χ4n) is 0.708. The van der Waals surface area contributed by atoms with Crippen molar-refractivity contribution in [3.05, 3.63) is 18.4 Å². The van der Waals surface area contributed by atoms with E-state index in [0.29, 0.717) is 5.76 Å². The Morgan fingerprint density at radius 1 is 1.55 bits per heavy atom. The highest BCUT2D eigenvalue weighted by Gasteiger charge is 2.23. The summed E-state index contributed by atoms with van der Waals surface area (Å²) in [6.45, 7) is 6.14. The highest BCUT2D eigenvalue weighted by Crippen LogP contribution is 2.04. The van der Waals surface area contributed by atoms with E-state index in [-0.39, 0.29) is 5.54 Å². The molecule has 0 unspecified atom stereocenters. The molecule has 0 saturated carbocycles. The molecule has 3 nitrogen and oxygen atoms in total. The van der Waals surface area contributed by atoms with Gasteiger partial charge in [0.25, 0.3) is 5.76 Å². The van der Waals surface area contributed by atoms with Gasteiger partial charge in [0, 0.05) is 20.8 Å². The molecule has 1 heterocycles. The maximum Gasteiger partial charge on any atom is 0.336 e.